The standard InChI is InChI=1S/C18H25N3O2S/c1-14(17-6-5-13-23-17)21(12-11-20(2)3)18(24)19-15-7-9-16(22-4)10-8-15/h5-10,13-14H,11-12H2,1-4H3,(H,19,24)/t14-/m1/s1. The number of nitrogens with one attached hydrogen (secondary N) is 1. The molecule has 0 saturated heterocycles. The molecule has 0 bridgehead atoms. The fourth-order valence-electron chi connectivity index (χ4n) is 2.33. The van der Waals surface area contributed by atoms with Crippen LogP contribution in [0.15, 0.2) is 47.1 Å². The van der Waals surface area contributed by atoms with Crippen molar-refractivity contribution in [2.45, 2.75) is 13.0 Å². The summed E-state index contributed by atoms with van der Waals surface area (Å²) in [5.74, 6) is 1.72. The highest BCUT2D eigenvalue weighted by Gasteiger charge is 2.21. The zero-order valence-corrected chi connectivity index (χ0v) is 15.5. The number of methoxy groups -OCH3 is 1. The van der Waals surface area contributed by atoms with Crippen LogP contribution in [0.5, 0.6) is 5.75 Å². The average molecular weight is 347 g/mol. The number of anilines is 1. The molecular weight excluding hydrogens is 322 g/mol. The Balaban J connectivity index is 2.10. The summed E-state index contributed by atoms with van der Waals surface area (Å²) in [6, 6.07) is 11.6. The van der Waals surface area contributed by atoms with Crippen LogP contribution in [0.2, 0.25) is 0 Å². The van der Waals surface area contributed by atoms with E-state index < -0.39 is 0 Å². The highest BCUT2D eigenvalue weighted by atomic mass is 32.1. The SMILES string of the molecule is COc1ccc(NC(=S)N(CCN(C)C)[C@H](C)c2ccco2)cc1. The molecular formula is C18H25N3O2S. The van der Waals surface area contributed by atoms with Gasteiger partial charge in [0.05, 0.1) is 19.4 Å². The maximum absolute atomic E-state index is 5.64. The molecule has 1 aromatic carbocycles. The van der Waals surface area contributed by atoms with Gasteiger partial charge in [0.1, 0.15) is 11.5 Å². The summed E-state index contributed by atoms with van der Waals surface area (Å²) >= 11 is 5.64. The maximum Gasteiger partial charge on any atom is 0.174 e. The third kappa shape index (κ3) is 4.97. The van der Waals surface area contributed by atoms with Crippen molar-refractivity contribution in [3.8, 4) is 5.75 Å². The number of benzene rings is 1. The van der Waals surface area contributed by atoms with Crippen LogP contribution in [-0.4, -0.2) is 49.2 Å². The third-order valence-corrected chi connectivity index (χ3v) is 4.15. The molecule has 0 aliphatic carbocycles. The molecule has 2 rings (SSSR count). The first kappa shape index (κ1) is 18.3. The lowest BCUT2D eigenvalue weighted by atomic mass is 10.2. The topological polar surface area (TPSA) is 40.9 Å². The molecule has 0 amide bonds. The third-order valence-electron chi connectivity index (χ3n) is 3.81. The Morgan fingerprint density at radius 3 is 2.46 bits per heavy atom. The molecule has 0 saturated carbocycles. The molecule has 2 aromatic rings. The molecule has 0 aliphatic rings. The number of ether oxygens (including phenoxy) is 1. The first-order chi connectivity index (χ1) is 11.5. The Bertz CT molecular complexity index is 626. The van der Waals surface area contributed by atoms with Crippen molar-refractivity contribution in [1.29, 1.82) is 0 Å². The first-order valence-corrected chi connectivity index (χ1v) is 8.32. The summed E-state index contributed by atoms with van der Waals surface area (Å²) in [7, 11) is 5.76. The normalized spacial score (nSPS) is 12.0. The lowest BCUT2D eigenvalue weighted by Crippen LogP contribution is -2.40. The number of hydrogen-bond donors (Lipinski definition) is 1. The van der Waals surface area contributed by atoms with Crippen LogP contribution in [-0.2, 0) is 0 Å². The van der Waals surface area contributed by atoms with Gasteiger partial charge in [-0.05, 0) is 69.6 Å². The van der Waals surface area contributed by atoms with Crippen LogP contribution in [0.25, 0.3) is 0 Å². The Hall–Kier alpha value is -2.05. The van der Waals surface area contributed by atoms with E-state index >= 15 is 0 Å². The monoisotopic (exact) mass is 347 g/mol. The van der Waals surface area contributed by atoms with Crippen molar-refractivity contribution in [3.63, 3.8) is 0 Å². The minimum absolute atomic E-state index is 0.0539. The lowest BCUT2D eigenvalue weighted by Gasteiger charge is -2.31. The van der Waals surface area contributed by atoms with Crippen molar-refractivity contribution >= 4 is 23.0 Å². The molecule has 24 heavy (non-hydrogen) atoms. The number of likely N-dealkylation sites (N-methyl/N-ethyl adjacent to an activating group) is 1. The Morgan fingerprint density at radius 1 is 1.21 bits per heavy atom. The molecule has 0 unspecified atom stereocenters. The minimum atomic E-state index is 0.0539. The Labute approximate surface area is 149 Å². The van der Waals surface area contributed by atoms with Gasteiger partial charge in [0.25, 0.3) is 0 Å². The van der Waals surface area contributed by atoms with Crippen molar-refractivity contribution in [2.75, 3.05) is 39.6 Å². The number of nitrogens with zero attached hydrogens (tertiary/aromatic N) is 2. The van der Waals surface area contributed by atoms with Crippen LogP contribution < -0.4 is 10.1 Å². The van der Waals surface area contributed by atoms with Gasteiger partial charge < -0.3 is 24.3 Å². The van der Waals surface area contributed by atoms with E-state index in [2.05, 4.69) is 36.1 Å². The van der Waals surface area contributed by atoms with Gasteiger partial charge in [-0.2, -0.15) is 0 Å². The second kappa shape index (κ2) is 8.70. The minimum Gasteiger partial charge on any atom is -0.497 e. The first-order valence-electron chi connectivity index (χ1n) is 7.91. The van der Waals surface area contributed by atoms with Gasteiger partial charge in [-0.25, -0.2) is 0 Å². The van der Waals surface area contributed by atoms with Crippen LogP contribution in [0.1, 0.15) is 18.7 Å². The average Bonchev–Trinajstić information content (AvgIpc) is 3.09. The summed E-state index contributed by atoms with van der Waals surface area (Å²) in [5.41, 5.74) is 0.933. The zero-order valence-electron chi connectivity index (χ0n) is 14.7. The smallest absolute Gasteiger partial charge is 0.174 e. The number of furan rings is 1. The van der Waals surface area contributed by atoms with Crippen LogP contribution >= 0.6 is 12.2 Å². The Kier molecular flexibility index (Phi) is 6.63. The second-order valence-electron chi connectivity index (χ2n) is 5.85. The summed E-state index contributed by atoms with van der Waals surface area (Å²) in [6.07, 6.45) is 1.69. The lowest BCUT2D eigenvalue weighted by molar-refractivity contribution is 0.263. The van der Waals surface area contributed by atoms with E-state index in [1.54, 1.807) is 13.4 Å². The van der Waals surface area contributed by atoms with E-state index in [0.29, 0.717) is 5.11 Å². The van der Waals surface area contributed by atoms with E-state index in [9.17, 15) is 0 Å². The molecule has 130 valence electrons. The molecule has 0 fully saturated rings. The fraction of sp³-hybridized carbons (Fsp3) is 0.389. The molecule has 1 atom stereocenters. The number of thiocarbonyl (C=S) groups is 1. The van der Waals surface area contributed by atoms with Crippen molar-refractivity contribution in [1.82, 2.24) is 9.80 Å². The van der Waals surface area contributed by atoms with E-state index in [4.69, 9.17) is 21.4 Å². The van der Waals surface area contributed by atoms with Crippen LogP contribution in [0, 0.1) is 0 Å². The van der Waals surface area contributed by atoms with Gasteiger partial charge in [-0.3, -0.25) is 0 Å². The summed E-state index contributed by atoms with van der Waals surface area (Å²) in [5, 5.41) is 3.97. The second-order valence-corrected chi connectivity index (χ2v) is 6.23. The van der Waals surface area contributed by atoms with Gasteiger partial charge in [0.15, 0.2) is 5.11 Å². The molecule has 1 heterocycles. The van der Waals surface area contributed by atoms with Crippen molar-refractivity contribution < 1.29 is 9.15 Å². The molecule has 6 heteroatoms. The van der Waals surface area contributed by atoms with E-state index in [0.717, 1.165) is 30.3 Å². The fourth-order valence-corrected chi connectivity index (χ4v) is 2.70. The largest absolute Gasteiger partial charge is 0.497 e. The maximum atomic E-state index is 5.64. The summed E-state index contributed by atoms with van der Waals surface area (Å²) in [6.45, 7) is 3.79. The highest BCUT2D eigenvalue weighted by molar-refractivity contribution is 7.80. The summed E-state index contributed by atoms with van der Waals surface area (Å²) < 4.78 is 10.7. The quantitative estimate of drug-likeness (QED) is 0.772. The van der Waals surface area contributed by atoms with E-state index in [1.165, 1.54) is 0 Å². The molecule has 5 nitrogen and oxygen atoms in total. The molecule has 0 aliphatic heterocycles. The predicted molar refractivity (Wildman–Crippen MR) is 102 cm³/mol. The van der Waals surface area contributed by atoms with Crippen molar-refractivity contribution in [2.24, 2.45) is 0 Å². The van der Waals surface area contributed by atoms with E-state index in [1.807, 2.05) is 36.4 Å². The van der Waals surface area contributed by atoms with Crippen molar-refractivity contribution in [3.05, 3.63) is 48.4 Å². The summed E-state index contributed by atoms with van der Waals surface area (Å²) in [4.78, 5) is 4.27. The van der Waals surface area contributed by atoms with Gasteiger partial charge in [-0.15, -0.1) is 0 Å². The number of hydrogen-bond acceptors (Lipinski definition) is 4. The predicted octanol–water partition coefficient (Wildman–Crippen LogP) is 3.61. The molecule has 0 spiro atoms. The zero-order chi connectivity index (χ0) is 17.5. The molecule has 1 N–H and O–H groups in total. The highest BCUT2D eigenvalue weighted by Crippen LogP contribution is 2.22. The van der Waals surface area contributed by atoms with E-state index in [-0.39, 0.29) is 6.04 Å². The van der Waals surface area contributed by atoms with Gasteiger partial charge >= 0.3 is 0 Å². The molecule has 0 radical (unpaired) electrons. The van der Waals surface area contributed by atoms with Crippen LogP contribution in [0.4, 0.5) is 5.69 Å². The van der Waals surface area contributed by atoms with Gasteiger partial charge in [-0.1, -0.05) is 0 Å². The molecule has 1 aromatic heterocycles. The van der Waals surface area contributed by atoms with Crippen LogP contribution in [0.3, 0.4) is 0 Å². The number of rotatable bonds is 7. The Morgan fingerprint density at radius 2 is 1.92 bits per heavy atom. The van der Waals surface area contributed by atoms with Gasteiger partial charge in [0.2, 0.25) is 0 Å². The van der Waals surface area contributed by atoms with Gasteiger partial charge in [0, 0.05) is 18.8 Å².